The van der Waals surface area contributed by atoms with E-state index in [0.29, 0.717) is 12.5 Å². The largest absolute Gasteiger partial charge is 0.462 e. The van der Waals surface area contributed by atoms with Gasteiger partial charge in [-0.1, -0.05) is 0 Å². The van der Waals surface area contributed by atoms with Gasteiger partial charge in [-0.25, -0.2) is 0 Å². The lowest BCUT2D eigenvalue weighted by Crippen LogP contribution is -2.31. The standard InChI is InChI=1S/C10H20N2O2/c1-8(2)14-10(13)7-12-4-3-9(5-11)6-12/h8-9H,3-7,11H2,1-2H3. The number of hydrogen-bond donors (Lipinski definition) is 1. The molecule has 1 rings (SSSR count). The summed E-state index contributed by atoms with van der Waals surface area (Å²) in [6.07, 6.45) is 1.08. The molecule has 0 radical (unpaired) electrons. The summed E-state index contributed by atoms with van der Waals surface area (Å²) < 4.78 is 5.07. The summed E-state index contributed by atoms with van der Waals surface area (Å²) in [5.41, 5.74) is 5.56. The molecule has 1 saturated heterocycles. The van der Waals surface area contributed by atoms with E-state index in [-0.39, 0.29) is 12.1 Å². The van der Waals surface area contributed by atoms with E-state index in [0.717, 1.165) is 26.1 Å². The molecule has 0 saturated carbocycles. The average molecular weight is 200 g/mol. The Hall–Kier alpha value is -0.610. The van der Waals surface area contributed by atoms with Crippen molar-refractivity contribution in [1.82, 2.24) is 4.90 Å². The molecule has 0 aromatic rings. The van der Waals surface area contributed by atoms with E-state index in [9.17, 15) is 4.79 Å². The van der Waals surface area contributed by atoms with Crippen LogP contribution in [0.1, 0.15) is 20.3 Å². The highest BCUT2D eigenvalue weighted by Crippen LogP contribution is 2.14. The Morgan fingerprint density at radius 3 is 2.86 bits per heavy atom. The van der Waals surface area contributed by atoms with Crippen LogP contribution in [0.3, 0.4) is 0 Å². The van der Waals surface area contributed by atoms with E-state index in [1.54, 1.807) is 0 Å². The highest BCUT2D eigenvalue weighted by molar-refractivity contribution is 5.71. The van der Waals surface area contributed by atoms with Gasteiger partial charge in [0.15, 0.2) is 0 Å². The molecule has 1 atom stereocenters. The van der Waals surface area contributed by atoms with Crippen LogP contribution in [0.25, 0.3) is 0 Å². The first-order valence-corrected chi connectivity index (χ1v) is 5.23. The second-order valence-electron chi connectivity index (χ2n) is 4.16. The Labute approximate surface area is 85.4 Å². The summed E-state index contributed by atoms with van der Waals surface area (Å²) in [5.74, 6) is 0.430. The number of carbonyl (C=O) groups excluding carboxylic acids is 1. The van der Waals surface area contributed by atoms with E-state index in [1.165, 1.54) is 0 Å². The zero-order chi connectivity index (χ0) is 10.6. The Balaban J connectivity index is 2.22. The first-order chi connectivity index (χ1) is 6.61. The lowest BCUT2D eigenvalue weighted by atomic mass is 10.1. The van der Waals surface area contributed by atoms with Crippen molar-refractivity contribution >= 4 is 5.97 Å². The lowest BCUT2D eigenvalue weighted by molar-refractivity contribution is -0.148. The van der Waals surface area contributed by atoms with Crippen LogP contribution in [0.15, 0.2) is 0 Å². The smallest absolute Gasteiger partial charge is 0.320 e. The maximum atomic E-state index is 11.3. The fourth-order valence-corrected chi connectivity index (χ4v) is 1.73. The number of esters is 1. The second kappa shape index (κ2) is 5.32. The van der Waals surface area contributed by atoms with Gasteiger partial charge in [-0.2, -0.15) is 0 Å². The number of carbonyl (C=O) groups is 1. The molecule has 0 aromatic heterocycles. The number of likely N-dealkylation sites (tertiary alicyclic amines) is 1. The van der Waals surface area contributed by atoms with Gasteiger partial charge in [-0.15, -0.1) is 0 Å². The van der Waals surface area contributed by atoms with Gasteiger partial charge in [-0.05, 0) is 39.3 Å². The molecule has 4 heteroatoms. The first-order valence-electron chi connectivity index (χ1n) is 5.23. The van der Waals surface area contributed by atoms with Crippen LogP contribution in [-0.2, 0) is 9.53 Å². The monoisotopic (exact) mass is 200 g/mol. The maximum absolute atomic E-state index is 11.3. The van der Waals surface area contributed by atoms with Crippen LogP contribution in [0, 0.1) is 5.92 Å². The molecule has 1 aliphatic heterocycles. The van der Waals surface area contributed by atoms with Gasteiger partial charge in [-0.3, -0.25) is 9.69 Å². The van der Waals surface area contributed by atoms with Crippen LogP contribution in [0.5, 0.6) is 0 Å². The van der Waals surface area contributed by atoms with E-state index in [2.05, 4.69) is 4.90 Å². The van der Waals surface area contributed by atoms with Gasteiger partial charge in [0, 0.05) is 6.54 Å². The average Bonchev–Trinajstić information content (AvgIpc) is 2.50. The summed E-state index contributed by atoms with van der Waals surface area (Å²) in [6, 6.07) is 0. The van der Waals surface area contributed by atoms with Crippen molar-refractivity contribution in [2.24, 2.45) is 11.7 Å². The molecule has 0 bridgehead atoms. The molecular formula is C10H20N2O2. The molecule has 1 aliphatic rings. The van der Waals surface area contributed by atoms with E-state index in [4.69, 9.17) is 10.5 Å². The highest BCUT2D eigenvalue weighted by atomic mass is 16.5. The molecule has 1 unspecified atom stereocenters. The summed E-state index contributed by atoms with van der Waals surface area (Å²) >= 11 is 0. The zero-order valence-electron chi connectivity index (χ0n) is 9.03. The second-order valence-corrected chi connectivity index (χ2v) is 4.16. The predicted octanol–water partition coefficient (Wildman–Crippen LogP) is 0.219. The van der Waals surface area contributed by atoms with Crippen molar-refractivity contribution in [3.05, 3.63) is 0 Å². The van der Waals surface area contributed by atoms with Gasteiger partial charge >= 0.3 is 5.97 Å². The number of ether oxygens (including phenoxy) is 1. The highest BCUT2D eigenvalue weighted by Gasteiger charge is 2.23. The zero-order valence-corrected chi connectivity index (χ0v) is 9.03. The SMILES string of the molecule is CC(C)OC(=O)CN1CCC(CN)C1. The maximum Gasteiger partial charge on any atom is 0.320 e. The third kappa shape index (κ3) is 3.64. The Kier molecular flexibility index (Phi) is 4.35. The third-order valence-corrected chi connectivity index (χ3v) is 2.42. The van der Waals surface area contributed by atoms with Crippen molar-refractivity contribution in [3.8, 4) is 0 Å². The minimum absolute atomic E-state index is 0.0181. The molecular weight excluding hydrogens is 180 g/mol. The fourth-order valence-electron chi connectivity index (χ4n) is 1.73. The number of nitrogens with zero attached hydrogens (tertiary/aromatic N) is 1. The molecule has 82 valence electrons. The Morgan fingerprint density at radius 2 is 2.36 bits per heavy atom. The molecule has 0 spiro atoms. The van der Waals surface area contributed by atoms with Crippen LogP contribution in [0.4, 0.5) is 0 Å². The normalized spacial score (nSPS) is 23.0. The molecule has 4 nitrogen and oxygen atoms in total. The summed E-state index contributed by atoms with van der Waals surface area (Å²) in [6.45, 7) is 6.76. The van der Waals surface area contributed by atoms with Crippen LogP contribution >= 0.6 is 0 Å². The van der Waals surface area contributed by atoms with E-state index < -0.39 is 0 Å². The van der Waals surface area contributed by atoms with Crippen molar-refractivity contribution in [3.63, 3.8) is 0 Å². The summed E-state index contributed by atoms with van der Waals surface area (Å²) in [5, 5.41) is 0. The number of rotatable bonds is 4. The van der Waals surface area contributed by atoms with Crippen molar-refractivity contribution in [2.45, 2.75) is 26.4 Å². The van der Waals surface area contributed by atoms with Crippen LogP contribution < -0.4 is 5.73 Å². The quantitative estimate of drug-likeness (QED) is 0.659. The minimum atomic E-state index is -0.127. The minimum Gasteiger partial charge on any atom is -0.462 e. The Morgan fingerprint density at radius 1 is 1.64 bits per heavy atom. The van der Waals surface area contributed by atoms with Gasteiger partial charge in [0.25, 0.3) is 0 Å². The third-order valence-electron chi connectivity index (χ3n) is 2.42. The van der Waals surface area contributed by atoms with Gasteiger partial charge in [0.05, 0.1) is 12.6 Å². The molecule has 0 aliphatic carbocycles. The van der Waals surface area contributed by atoms with Crippen molar-refractivity contribution in [1.29, 1.82) is 0 Å². The molecule has 1 heterocycles. The van der Waals surface area contributed by atoms with Gasteiger partial charge in [0.1, 0.15) is 0 Å². The van der Waals surface area contributed by atoms with Crippen molar-refractivity contribution < 1.29 is 9.53 Å². The first kappa shape index (κ1) is 11.5. The van der Waals surface area contributed by atoms with E-state index >= 15 is 0 Å². The van der Waals surface area contributed by atoms with Crippen LogP contribution in [-0.4, -0.2) is 43.2 Å². The summed E-state index contributed by atoms with van der Waals surface area (Å²) in [7, 11) is 0. The lowest BCUT2D eigenvalue weighted by Gasteiger charge is -2.15. The van der Waals surface area contributed by atoms with Gasteiger partial charge < -0.3 is 10.5 Å². The van der Waals surface area contributed by atoms with E-state index in [1.807, 2.05) is 13.8 Å². The predicted molar refractivity (Wildman–Crippen MR) is 54.8 cm³/mol. The van der Waals surface area contributed by atoms with Crippen LogP contribution in [0.2, 0.25) is 0 Å². The number of hydrogen-bond acceptors (Lipinski definition) is 4. The van der Waals surface area contributed by atoms with Gasteiger partial charge in [0.2, 0.25) is 0 Å². The topological polar surface area (TPSA) is 55.6 Å². The molecule has 14 heavy (non-hydrogen) atoms. The van der Waals surface area contributed by atoms with Crippen molar-refractivity contribution in [2.75, 3.05) is 26.2 Å². The molecule has 0 aromatic carbocycles. The Bertz CT molecular complexity index is 195. The summed E-state index contributed by atoms with van der Waals surface area (Å²) in [4.78, 5) is 13.4. The molecule has 1 fully saturated rings. The fraction of sp³-hybridized carbons (Fsp3) is 0.900. The molecule has 0 amide bonds. The molecule has 2 N–H and O–H groups in total. The number of nitrogens with two attached hydrogens (primary N) is 1.